The molecule has 1 aromatic heterocycles. The number of hydrogen-bond donors (Lipinski definition) is 3. The number of aliphatic carboxylic acids is 1. The van der Waals surface area contributed by atoms with Crippen molar-refractivity contribution in [3.63, 3.8) is 0 Å². The first-order valence-corrected chi connectivity index (χ1v) is 6.12. The maximum absolute atomic E-state index is 11.8. The van der Waals surface area contributed by atoms with Gasteiger partial charge in [0, 0.05) is 6.20 Å². The van der Waals surface area contributed by atoms with Crippen molar-refractivity contribution in [3.8, 4) is 6.07 Å². The van der Waals surface area contributed by atoms with Crippen LogP contribution in [-0.2, 0) is 14.8 Å². The molecule has 0 aliphatic heterocycles. The van der Waals surface area contributed by atoms with Crippen LogP contribution in [0.1, 0.15) is 5.69 Å². The zero-order chi connectivity index (χ0) is 13.8. The molecule has 0 bridgehead atoms. The third-order valence-electron chi connectivity index (χ3n) is 1.94. The summed E-state index contributed by atoms with van der Waals surface area (Å²) < 4.78 is 25.4. The number of aromatic nitrogens is 1. The van der Waals surface area contributed by atoms with Crippen LogP contribution in [0.5, 0.6) is 0 Å². The Kier molecular flexibility index (Phi) is 4.33. The second-order valence-corrected chi connectivity index (χ2v) is 4.84. The number of pyridine rings is 1. The molecule has 0 saturated heterocycles. The Hall–Kier alpha value is -2.02. The van der Waals surface area contributed by atoms with E-state index in [1.54, 1.807) is 10.8 Å². The monoisotopic (exact) mass is 271 g/mol. The van der Waals surface area contributed by atoms with E-state index in [4.69, 9.17) is 15.5 Å². The predicted octanol–water partition coefficient (Wildman–Crippen LogP) is -1.32. The Bertz CT molecular complexity index is 592. The van der Waals surface area contributed by atoms with Gasteiger partial charge in [-0.05, 0) is 12.1 Å². The number of carboxylic acids is 1. The van der Waals surface area contributed by atoms with Gasteiger partial charge in [-0.25, -0.2) is 13.4 Å². The van der Waals surface area contributed by atoms with Crippen molar-refractivity contribution >= 4 is 16.0 Å². The summed E-state index contributed by atoms with van der Waals surface area (Å²) in [6.07, 6.45) is 1.23. The zero-order valence-electron chi connectivity index (χ0n) is 8.94. The molecule has 0 fully saturated rings. The average Bonchev–Trinajstić information content (AvgIpc) is 2.35. The molecule has 0 aliphatic carbocycles. The molecule has 0 aliphatic rings. The highest BCUT2D eigenvalue weighted by Gasteiger charge is 2.26. The Morgan fingerprint density at radius 3 is 2.78 bits per heavy atom. The molecule has 1 rings (SSSR count). The first-order valence-electron chi connectivity index (χ1n) is 4.63. The normalized spacial score (nSPS) is 12.7. The molecule has 0 amide bonds. The second kappa shape index (κ2) is 5.54. The molecule has 8 nitrogen and oxygen atoms in total. The highest BCUT2D eigenvalue weighted by Crippen LogP contribution is 2.12. The third-order valence-corrected chi connectivity index (χ3v) is 3.45. The van der Waals surface area contributed by atoms with E-state index in [-0.39, 0.29) is 5.69 Å². The van der Waals surface area contributed by atoms with Gasteiger partial charge in [-0.3, -0.25) is 4.79 Å². The number of nitrogens with one attached hydrogen (secondary N) is 1. The Labute approximate surface area is 103 Å². The Morgan fingerprint density at radius 2 is 2.28 bits per heavy atom. The fourth-order valence-corrected chi connectivity index (χ4v) is 2.40. The van der Waals surface area contributed by atoms with E-state index < -0.39 is 33.5 Å². The zero-order valence-corrected chi connectivity index (χ0v) is 9.75. The van der Waals surface area contributed by atoms with Gasteiger partial charge < -0.3 is 10.2 Å². The molecular weight excluding hydrogens is 262 g/mol. The van der Waals surface area contributed by atoms with E-state index in [1.165, 1.54) is 12.3 Å². The average molecular weight is 271 g/mol. The van der Waals surface area contributed by atoms with Gasteiger partial charge in [-0.2, -0.15) is 9.98 Å². The number of aliphatic hydroxyl groups excluding tert-OH is 1. The van der Waals surface area contributed by atoms with Crippen LogP contribution in [0.25, 0.3) is 0 Å². The van der Waals surface area contributed by atoms with Gasteiger partial charge in [0.2, 0.25) is 10.0 Å². The third kappa shape index (κ3) is 3.01. The summed E-state index contributed by atoms with van der Waals surface area (Å²) in [7, 11) is -4.24. The lowest BCUT2D eigenvalue weighted by molar-refractivity contribution is -0.139. The van der Waals surface area contributed by atoms with E-state index in [0.29, 0.717) is 0 Å². The van der Waals surface area contributed by atoms with Crippen LogP contribution in [0.15, 0.2) is 23.2 Å². The van der Waals surface area contributed by atoms with E-state index in [2.05, 4.69) is 4.98 Å². The summed E-state index contributed by atoms with van der Waals surface area (Å²) in [4.78, 5) is 13.7. The van der Waals surface area contributed by atoms with E-state index in [9.17, 15) is 13.2 Å². The number of nitriles is 1. The largest absolute Gasteiger partial charge is 0.480 e. The van der Waals surface area contributed by atoms with Crippen molar-refractivity contribution in [2.75, 3.05) is 6.61 Å². The van der Waals surface area contributed by atoms with Crippen molar-refractivity contribution in [1.82, 2.24) is 9.71 Å². The van der Waals surface area contributed by atoms with Crippen LogP contribution in [0, 0.1) is 11.3 Å². The first-order chi connectivity index (χ1) is 8.42. The minimum Gasteiger partial charge on any atom is -0.480 e. The summed E-state index contributed by atoms with van der Waals surface area (Å²) >= 11 is 0. The molecule has 0 saturated carbocycles. The van der Waals surface area contributed by atoms with E-state index >= 15 is 0 Å². The summed E-state index contributed by atoms with van der Waals surface area (Å²) in [6.45, 7) is -0.906. The van der Waals surface area contributed by atoms with Gasteiger partial charge in [-0.1, -0.05) is 0 Å². The molecule has 0 spiro atoms. The molecule has 0 aromatic carbocycles. The summed E-state index contributed by atoms with van der Waals surface area (Å²) in [6, 6.07) is 2.31. The van der Waals surface area contributed by atoms with Crippen LogP contribution < -0.4 is 4.72 Å². The number of nitrogens with zero attached hydrogens (tertiary/aromatic N) is 2. The van der Waals surface area contributed by atoms with Crippen LogP contribution in [-0.4, -0.2) is 42.2 Å². The smallest absolute Gasteiger partial charge is 0.324 e. The molecule has 1 aromatic rings. The lowest BCUT2D eigenvalue weighted by Gasteiger charge is -2.12. The summed E-state index contributed by atoms with van der Waals surface area (Å²) in [5.41, 5.74) is -0.355. The van der Waals surface area contributed by atoms with Gasteiger partial charge >= 0.3 is 5.97 Å². The molecule has 0 radical (unpaired) electrons. The van der Waals surface area contributed by atoms with E-state index in [1.807, 2.05) is 0 Å². The van der Waals surface area contributed by atoms with Crippen LogP contribution >= 0.6 is 0 Å². The maximum Gasteiger partial charge on any atom is 0.324 e. The number of sulfonamides is 1. The Morgan fingerprint density at radius 1 is 1.61 bits per heavy atom. The maximum atomic E-state index is 11.8. The van der Waals surface area contributed by atoms with E-state index in [0.717, 1.165) is 6.07 Å². The van der Waals surface area contributed by atoms with Crippen LogP contribution in [0.4, 0.5) is 0 Å². The van der Waals surface area contributed by atoms with Crippen molar-refractivity contribution in [3.05, 3.63) is 24.0 Å². The second-order valence-electron chi connectivity index (χ2n) is 3.16. The highest BCUT2D eigenvalue weighted by molar-refractivity contribution is 7.89. The number of rotatable bonds is 5. The minimum atomic E-state index is -4.24. The fraction of sp³-hybridized carbons (Fsp3) is 0.222. The molecule has 18 heavy (non-hydrogen) atoms. The van der Waals surface area contributed by atoms with Crippen LogP contribution in [0.3, 0.4) is 0 Å². The minimum absolute atomic E-state index is 0.355. The molecular formula is C9H9N3O5S. The SMILES string of the molecule is N#Cc1ncccc1S(=O)(=O)N[C@H](CO)C(=O)O. The van der Waals surface area contributed by atoms with Gasteiger partial charge in [0.1, 0.15) is 17.0 Å². The first kappa shape index (κ1) is 14.0. The predicted molar refractivity (Wildman–Crippen MR) is 57.8 cm³/mol. The standard InChI is InChI=1S/C9H9N3O5S/c10-4-6-8(2-1-3-11-6)18(16,17)12-7(5-13)9(14)15/h1-3,7,12-13H,5H2,(H,14,15)/t7-/m1/s1. The van der Waals surface area contributed by atoms with Crippen molar-refractivity contribution in [2.24, 2.45) is 0 Å². The van der Waals surface area contributed by atoms with Crippen molar-refractivity contribution < 1.29 is 23.4 Å². The topological polar surface area (TPSA) is 140 Å². The number of aliphatic hydroxyl groups is 1. The molecule has 3 N–H and O–H groups in total. The molecule has 1 heterocycles. The van der Waals surface area contributed by atoms with Crippen molar-refractivity contribution in [2.45, 2.75) is 10.9 Å². The number of carbonyl (C=O) groups is 1. The molecule has 0 unspecified atom stereocenters. The molecule has 1 atom stereocenters. The van der Waals surface area contributed by atoms with Crippen molar-refractivity contribution in [1.29, 1.82) is 5.26 Å². The number of carboxylic acid groups (broad SMARTS) is 1. The van der Waals surface area contributed by atoms with Gasteiger partial charge in [0.15, 0.2) is 5.69 Å². The summed E-state index contributed by atoms with van der Waals surface area (Å²) in [5.74, 6) is -1.52. The lowest BCUT2D eigenvalue weighted by Crippen LogP contribution is -2.43. The van der Waals surface area contributed by atoms with Gasteiger partial charge in [-0.15, -0.1) is 0 Å². The lowest BCUT2D eigenvalue weighted by atomic mass is 10.3. The van der Waals surface area contributed by atoms with Gasteiger partial charge in [0.25, 0.3) is 0 Å². The molecule has 96 valence electrons. The summed E-state index contributed by atoms with van der Waals surface area (Å²) in [5, 5.41) is 26.1. The quantitative estimate of drug-likeness (QED) is 0.603. The number of hydrogen-bond acceptors (Lipinski definition) is 6. The fourth-order valence-electron chi connectivity index (χ4n) is 1.11. The molecule has 9 heteroatoms. The van der Waals surface area contributed by atoms with Crippen LogP contribution in [0.2, 0.25) is 0 Å². The van der Waals surface area contributed by atoms with Gasteiger partial charge in [0.05, 0.1) is 6.61 Å². The highest BCUT2D eigenvalue weighted by atomic mass is 32.2. The Balaban J connectivity index is 3.15.